The Morgan fingerprint density at radius 2 is 1.68 bits per heavy atom. The molecule has 3 aromatic rings. The second-order valence-electron chi connectivity index (χ2n) is 5.29. The second-order valence-corrected chi connectivity index (χ2v) is 5.69. The Bertz CT molecular complexity index is 995. The molecule has 0 aliphatic rings. The molecule has 0 atom stereocenters. The van der Waals surface area contributed by atoms with E-state index in [-0.39, 0.29) is 10.9 Å². The van der Waals surface area contributed by atoms with E-state index in [9.17, 15) is 14.4 Å². The zero-order valence-corrected chi connectivity index (χ0v) is 13.7. The van der Waals surface area contributed by atoms with E-state index in [1.807, 2.05) is 6.07 Å². The van der Waals surface area contributed by atoms with Crippen LogP contribution in [-0.2, 0) is 0 Å². The highest BCUT2D eigenvalue weighted by Gasteiger charge is 2.15. The fourth-order valence-corrected chi connectivity index (χ4v) is 2.68. The maximum Gasteiger partial charge on any atom is 0.256 e. The molecule has 0 heterocycles. The molecule has 0 unspecified atom stereocenters. The number of nitrogens with one attached hydrogen (secondary N) is 1. The van der Waals surface area contributed by atoms with Crippen molar-refractivity contribution in [1.82, 2.24) is 0 Å². The van der Waals surface area contributed by atoms with Gasteiger partial charge in [0.15, 0.2) is 0 Å². The predicted octanol–water partition coefficient (Wildman–Crippen LogP) is 5.27. The van der Waals surface area contributed by atoms with Crippen LogP contribution in [0.2, 0.25) is 5.02 Å². The van der Waals surface area contributed by atoms with Crippen LogP contribution in [0.4, 0.5) is 10.1 Å². The minimum Gasteiger partial charge on any atom is -0.322 e. The Kier molecular flexibility index (Phi) is 4.78. The first kappa shape index (κ1) is 16.7. The van der Waals surface area contributed by atoms with Gasteiger partial charge >= 0.3 is 0 Å². The normalized spacial score (nSPS) is 10.1. The quantitative estimate of drug-likeness (QED) is 0.699. The monoisotopic (exact) mass is 350 g/mol. The van der Waals surface area contributed by atoms with Crippen LogP contribution >= 0.6 is 11.6 Å². The lowest BCUT2D eigenvalue weighted by Crippen LogP contribution is -2.13. The van der Waals surface area contributed by atoms with Gasteiger partial charge in [0.2, 0.25) is 0 Å². The van der Waals surface area contributed by atoms with Crippen molar-refractivity contribution < 1.29 is 9.18 Å². The molecule has 0 aliphatic heterocycles. The zero-order chi connectivity index (χ0) is 17.8. The number of halogens is 2. The van der Waals surface area contributed by atoms with Crippen molar-refractivity contribution in [1.29, 1.82) is 5.26 Å². The Morgan fingerprint density at radius 1 is 1.00 bits per heavy atom. The van der Waals surface area contributed by atoms with E-state index < -0.39 is 5.82 Å². The van der Waals surface area contributed by atoms with Gasteiger partial charge in [-0.25, -0.2) is 4.39 Å². The van der Waals surface area contributed by atoms with Crippen molar-refractivity contribution in [3.63, 3.8) is 0 Å². The van der Waals surface area contributed by atoms with E-state index in [1.165, 1.54) is 18.2 Å². The molecule has 0 aromatic heterocycles. The van der Waals surface area contributed by atoms with Gasteiger partial charge in [-0.3, -0.25) is 4.79 Å². The molecule has 0 saturated carbocycles. The van der Waals surface area contributed by atoms with Gasteiger partial charge in [-0.2, -0.15) is 5.26 Å². The Hall–Kier alpha value is -3.16. The Balaban J connectivity index is 1.99. The van der Waals surface area contributed by atoms with E-state index in [0.717, 1.165) is 0 Å². The fraction of sp³-hybridized carbons (Fsp3) is 0. The van der Waals surface area contributed by atoms with Crippen LogP contribution in [0, 0.1) is 17.1 Å². The molecule has 3 aromatic carbocycles. The predicted molar refractivity (Wildman–Crippen MR) is 96.0 cm³/mol. The Labute approximate surface area is 149 Å². The summed E-state index contributed by atoms with van der Waals surface area (Å²) in [4.78, 5) is 12.7. The maximum absolute atomic E-state index is 13.3. The number of carbonyl (C=O) groups excluding carboxylic acids is 1. The number of benzene rings is 3. The largest absolute Gasteiger partial charge is 0.322 e. The van der Waals surface area contributed by atoms with Gasteiger partial charge in [0, 0.05) is 16.8 Å². The van der Waals surface area contributed by atoms with E-state index in [2.05, 4.69) is 11.4 Å². The third-order valence-corrected chi connectivity index (χ3v) is 3.98. The van der Waals surface area contributed by atoms with E-state index in [1.54, 1.807) is 42.5 Å². The summed E-state index contributed by atoms with van der Waals surface area (Å²) in [5, 5.41) is 11.9. The van der Waals surface area contributed by atoms with Crippen LogP contribution in [0.15, 0.2) is 66.7 Å². The number of hydrogen-bond donors (Lipinski definition) is 1. The maximum atomic E-state index is 13.3. The summed E-state index contributed by atoms with van der Waals surface area (Å²) in [6, 6.07) is 20.2. The smallest absolute Gasteiger partial charge is 0.256 e. The molecule has 0 fully saturated rings. The van der Waals surface area contributed by atoms with Gasteiger partial charge in [0.1, 0.15) is 5.82 Å². The zero-order valence-electron chi connectivity index (χ0n) is 13.0. The SMILES string of the molecule is N#Cc1ccccc1-c1ccccc1C(=O)Nc1ccc(F)c(Cl)c1. The lowest BCUT2D eigenvalue weighted by Gasteiger charge is -2.12. The summed E-state index contributed by atoms with van der Waals surface area (Å²) in [7, 11) is 0. The van der Waals surface area contributed by atoms with Crippen LogP contribution in [0.3, 0.4) is 0 Å². The number of amides is 1. The molecule has 0 spiro atoms. The average molecular weight is 351 g/mol. The van der Waals surface area contributed by atoms with Gasteiger partial charge in [-0.15, -0.1) is 0 Å². The van der Waals surface area contributed by atoms with Crippen molar-refractivity contribution in [2.45, 2.75) is 0 Å². The third kappa shape index (κ3) is 3.52. The van der Waals surface area contributed by atoms with Crippen LogP contribution < -0.4 is 5.32 Å². The van der Waals surface area contributed by atoms with Gasteiger partial charge in [0.25, 0.3) is 5.91 Å². The minimum absolute atomic E-state index is 0.0686. The van der Waals surface area contributed by atoms with Gasteiger partial charge < -0.3 is 5.32 Å². The molecule has 0 saturated heterocycles. The first-order valence-electron chi connectivity index (χ1n) is 7.45. The standard InChI is InChI=1S/C20H12ClFN2O/c21-18-11-14(9-10-19(18)22)24-20(25)17-8-4-3-7-16(17)15-6-2-1-5-13(15)12-23/h1-11H,(H,24,25). The minimum atomic E-state index is -0.553. The number of carbonyl (C=O) groups is 1. The van der Waals surface area contributed by atoms with Crippen molar-refractivity contribution in [3.05, 3.63) is 88.7 Å². The molecule has 25 heavy (non-hydrogen) atoms. The fourth-order valence-electron chi connectivity index (χ4n) is 2.50. The van der Waals surface area contributed by atoms with Gasteiger partial charge in [-0.1, -0.05) is 48.0 Å². The van der Waals surface area contributed by atoms with Crippen LogP contribution in [0.1, 0.15) is 15.9 Å². The molecule has 122 valence electrons. The van der Waals surface area contributed by atoms with E-state index in [0.29, 0.717) is 27.9 Å². The lowest BCUT2D eigenvalue weighted by atomic mass is 9.95. The molecule has 1 N–H and O–H groups in total. The van der Waals surface area contributed by atoms with E-state index in [4.69, 9.17) is 11.6 Å². The van der Waals surface area contributed by atoms with Gasteiger partial charge in [-0.05, 0) is 35.9 Å². The topological polar surface area (TPSA) is 52.9 Å². The molecule has 0 bridgehead atoms. The Morgan fingerprint density at radius 3 is 2.40 bits per heavy atom. The average Bonchev–Trinajstić information content (AvgIpc) is 2.64. The molecule has 0 radical (unpaired) electrons. The van der Waals surface area contributed by atoms with Crippen LogP contribution in [-0.4, -0.2) is 5.91 Å². The van der Waals surface area contributed by atoms with Crippen molar-refractivity contribution >= 4 is 23.2 Å². The number of anilines is 1. The van der Waals surface area contributed by atoms with E-state index >= 15 is 0 Å². The molecular formula is C20H12ClFN2O. The molecule has 3 nitrogen and oxygen atoms in total. The molecular weight excluding hydrogens is 339 g/mol. The number of nitriles is 1. The van der Waals surface area contributed by atoms with Crippen LogP contribution in [0.5, 0.6) is 0 Å². The number of hydrogen-bond acceptors (Lipinski definition) is 2. The van der Waals surface area contributed by atoms with Crippen molar-refractivity contribution in [3.8, 4) is 17.2 Å². The molecule has 0 aliphatic carbocycles. The van der Waals surface area contributed by atoms with Crippen molar-refractivity contribution in [2.75, 3.05) is 5.32 Å². The molecule has 1 amide bonds. The summed E-state index contributed by atoms with van der Waals surface area (Å²) < 4.78 is 13.3. The highest BCUT2D eigenvalue weighted by atomic mass is 35.5. The summed E-state index contributed by atoms with van der Waals surface area (Å²) >= 11 is 5.75. The molecule has 3 rings (SSSR count). The summed E-state index contributed by atoms with van der Waals surface area (Å²) in [5.41, 5.74) is 2.59. The summed E-state index contributed by atoms with van der Waals surface area (Å²) in [5.74, 6) is -0.922. The summed E-state index contributed by atoms with van der Waals surface area (Å²) in [6.07, 6.45) is 0. The van der Waals surface area contributed by atoms with Crippen LogP contribution in [0.25, 0.3) is 11.1 Å². The summed E-state index contributed by atoms with van der Waals surface area (Å²) in [6.45, 7) is 0. The first-order valence-corrected chi connectivity index (χ1v) is 7.83. The second kappa shape index (κ2) is 7.16. The number of nitrogens with zero attached hydrogens (tertiary/aromatic N) is 1. The van der Waals surface area contributed by atoms with Crippen molar-refractivity contribution in [2.24, 2.45) is 0 Å². The third-order valence-electron chi connectivity index (χ3n) is 3.69. The highest BCUT2D eigenvalue weighted by Crippen LogP contribution is 2.28. The highest BCUT2D eigenvalue weighted by molar-refractivity contribution is 6.31. The lowest BCUT2D eigenvalue weighted by molar-refractivity contribution is 0.102. The molecule has 5 heteroatoms. The number of rotatable bonds is 3. The first-order chi connectivity index (χ1) is 12.1. The van der Waals surface area contributed by atoms with Gasteiger partial charge in [0.05, 0.1) is 16.7 Å².